The van der Waals surface area contributed by atoms with Crippen molar-refractivity contribution in [2.24, 2.45) is 0 Å². The van der Waals surface area contributed by atoms with Crippen molar-refractivity contribution < 1.29 is 18.0 Å². The molecule has 7 nitrogen and oxygen atoms in total. The Morgan fingerprint density at radius 3 is 2.23 bits per heavy atom. The van der Waals surface area contributed by atoms with E-state index in [1.807, 2.05) is 61.5 Å². The molecule has 0 saturated heterocycles. The van der Waals surface area contributed by atoms with Gasteiger partial charge in [0, 0.05) is 26.6 Å². The van der Waals surface area contributed by atoms with Crippen LogP contribution in [-0.4, -0.2) is 55.6 Å². The molecule has 1 atom stereocenters. The van der Waals surface area contributed by atoms with Gasteiger partial charge in [0.1, 0.15) is 6.04 Å². The second-order valence-corrected chi connectivity index (χ2v) is 13.2. The number of nitrogens with one attached hydrogen (secondary N) is 1. The van der Waals surface area contributed by atoms with E-state index in [-0.39, 0.29) is 23.8 Å². The van der Waals surface area contributed by atoms with E-state index in [0.717, 1.165) is 33.5 Å². The molecule has 226 valence electrons. The third-order valence-corrected chi connectivity index (χ3v) is 9.76. The molecule has 2 amide bonds. The number of fused-ring (bicyclic) bond motifs is 1. The summed E-state index contributed by atoms with van der Waals surface area (Å²) in [5.41, 5.74) is 1.52. The van der Waals surface area contributed by atoms with Gasteiger partial charge < -0.3 is 10.2 Å². The van der Waals surface area contributed by atoms with Crippen LogP contribution in [0.3, 0.4) is 0 Å². The largest absolute Gasteiger partial charge is 0.354 e. The molecule has 0 heterocycles. The molecule has 4 aromatic rings. The molecular weight excluding hydrogens is 605 g/mol. The molecule has 0 bridgehead atoms. The van der Waals surface area contributed by atoms with E-state index < -0.39 is 28.5 Å². The molecule has 1 unspecified atom stereocenters. The summed E-state index contributed by atoms with van der Waals surface area (Å²) in [5.74, 6) is -0.838. The number of amides is 2. The Bertz CT molecular complexity index is 1680. The third kappa shape index (κ3) is 8.36. The van der Waals surface area contributed by atoms with Crippen LogP contribution in [0.25, 0.3) is 10.8 Å². The monoisotopic (exact) mass is 639 g/mol. The zero-order valence-electron chi connectivity index (χ0n) is 24.2. The first-order chi connectivity index (χ1) is 20.6. The molecule has 4 rings (SSSR count). The van der Waals surface area contributed by atoms with E-state index in [1.165, 1.54) is 18.0 Å². The fourth-order valence-corrected chi connectivity index (χ4v) is 6.25. The van der Waals surface area contributed by atoms with Crippen molar-refractivity contribution in [3.63, 3.8) is 0 Å². The van der Waals surface area contributed by atoms with Crippen LogP contribution in [0.5, 0.6) is 0 Å². The number of halogens is 2. The van der Waals surface area contributed by atoms with Crippen molar-refractivity contribution >= 4 is 55.8 Å². The van der Waals surface area contributed by atoms with Gasteiger partial charge in [-0.05, 0) is 52.6 Å². The number of hydrogen-bond donors (Lipinski definition) is 1. The molecule has 0 fully saturated rings. The highest BCUT2D eigenvalue weighted by Gasteiger charge is 2.33. The van der Waals surface area contributed by atoms with Crippen molar-refractivity contribution in [1.82, 2.24) is 14.5 Å². The molecule has 0 aliphatic rings. The summed E-state index contributed by atoms with van der Waals surface area (Å²) in [5, 5.41) is 5.32. The minimum Gasteiger partial charge on any atom is -0.354 e. The van der Waals surface area contributed by atoms with E-state index in [4.69, 9.17) is 23.2 Å². The summed E-state index contributed by atoms with van der Waals surface area (Å²) in [6.07, 6.45) is 1.93. The minimum absolute atomic E-state index is 0.0261. The predicted octanol–water partition coefficient (Wildman–Crippen LogP) is 6.32. The zero-order chi connectivity index (χ0) is 31.0. The van der Waals surface area contributed by atoms with Crippen LogP contribution in [0.15, 0.2) is 95.9 Å². The average molecular weight is 641 g/mol. The van der Waals surface area contributed by atoms with Crippen LogP contribution in [0, 0.1) is 0 Å². The molecule has 0 spiro atoms. The summed E-state index contributed by atoms with van der Waals surface area (Å²) in [7, 11) is -2.65. The lowest BCUT2D eigenvalue weighted by Crippen LogP contribution is -2.53. The average Bonchev–Trinajstić information content (AvgIpc) is 3.00. The van der Waals surface area contributed by atoms with Crippen LogP contribution in [-0.2, 0) is 32.6 Å². The second kappa shape index (κ2) is 14.8. The number of likely N-dealkylation sites (N-methyl/N-ethyl adjacent to an activating group) is 1. The molecular formula is C33H35Cl2N3O4S. The van der Waals surface area contributed by atoms with Crippen molar-refractivity contribution in [3.8, 4) is 0 Å². The molecule has 0 aliphatic carbocycles. The van der Waals surface area contributed by atoms with Gasteiger partial charge in [0.25, 0.3) is 0 Å². The first-order valence-corrected chi connectivity index (χ1v) is 16.3. The van der Waals surface area contributed by atoms with Crippen molar-refractivity contribution in [2.45, 2.75) is 43.7 Å². The van der Waals surface area contributed by atoms with Crippen LogP contribution in [0.2, 0.25) is 10.0 Å². The Labute approximate surface area is 263 Å². The summed E-state index contributed by atoms with van der Waals surface area (Å²) < 4.78 is 28.2. The summed E-state index contributed by atoms with van der Waals surface area (Å²) in [6.45, 7) is 2.05. The highest BCUT2D eigenvalue weighted by atomic mass is 35.5. The Hall–Kier alpha value is -3.43. The number of carbonyl (C=O) groups is 2. The van der Waals surface area contributed by atoms with Crippen LogP contribution in [0.4, 0.5) is 0 Å². The fraction of sp³-hybridized carbons (Fsp3) is 0.273. The fourth-order valence-electron chi connectivity index (χ4n) is 4.77. The number of unbranched alkanes of at least 4 members (excludes halogenated alkanes) is 1. The van der Waals surface area contributed by atoms with Crippen molar-refractivity contribution in [2.75, 3.05) is 20.1 Å². The maximum absolute atomic E-state index is 14.0. The van der Waals surface area contributed by atoms with Gasteiger partial charge in [-0.2, -0.15) is 4.31 Å². The van der Waals surface area contributed by atoms with Crippen LogP contribution >= 0.6 is 23.2 Å². The van der Waals surface area contributed by atoms with E-state index in [9.17, 15) is 18.0 Å². The first kappa shape index (κ1) is 32.5. The normalized spacial score (nSPS) is 12.3. The summed E-state index contributed by atoms with van der Waals surface area (Å²) in [6, 6.07) is 25.8. The molecule has 0 aliphatic heterocycles. The summed E-state index contributed by atoms with van der Waals surface area (Å²) in [4.78, 5) is 29.2. The van der Waals surface area contributed by atoms with Gasteiger partial charge in [-0.15, -0.1) is 0 Å². The number of rotatable bonds is 13. The molecule has 4 aromatic carbocycles. The van der Waals surface area contributed by atoms with Gasteiger partial charge in [0.2, 0.25) is 21.8 Å². The molecule has 10 heteroatoms. The lowest BCUT2D eigenvalue weighted by atomic mass is 10.0. The number of sulfonamides is 1. The standard InChI is InChI=1S/C33H35Cl2N3O4S/c1-3-4-18-36-33(40)31(20-24-10-6-5-7-11-24)38(22-25-14-17-29(34)30(35)19-25)32(39)23-37(2)43(41,42)28-16-15-26-12-8-9-13-27(26)21-28/h5-17,19,21,31H,3-4,18,20,22-23H2,1-2H3,(H,36,40). The highest BCUT2D eigenvalue weighted by molar-refractivity contribution is 7.89. The van der Waals surface area contributed by atoms with Crippen molar-refractivity contribution in [3.05, 3.63) is 112 Å². The predicted molar refractivity (Wildman–Crippen MR) is 173 cm³/mol. The number of carbonyl (C=O) groups excluding carboxylic acids is 2. The number of nitrogens with zero attached hydrogens (tertiary/aromatic N) is 2. The quantitative estimate of drug-likeness (QED) is 0.173. The van der Waals surface area contributed by atoms with Gasteiger partial charge in [-0.25, -0.2) is 8.42 Å². The van der Waals surface area contributed by atoms with Gasteiger partial charge in [0.05, 0.1) is 21.5 Å². The Balaban J connectivity index is 1.67. The zero-order valence-corrected chi connectivity index (χ0v) is 26.5. The molecule has 0 aromatic heterocycles. The molecule has 0 saturated carbocycles. The van der Waals surface area contributed by atoms with E-state index in [0.29, 0.717) is 22.2 Å². The Kier molecular flexibility index (Phi) is 11.2. The van der Waals surface area contributed by atoms with E-state index in [2.05, 4.69) is 5.32 Å². The van der Waals surface area contributed by atoms with E-state index in [1.54, 1.807) is 30.3 Å². The molecule has 0 radical (unpaired) electrons. The maximum Gasteiger partial charge on any atom is 0.243 e. The summed E-state index contributed by atoms with van der Waals surface area (Å²) >= 11 is 12.4. The van der Waals surface area contributed by atoms with Gasteiger partial charge >= 0.3 is 0 Å². The van der Waals surface area contributed by atoms with Crippen LogP contribution in [0.1, 0.15) is 30.9 Å². The number of hydrogen-bond acceptors (Lipinski definition) is 4. The number of benzene rings is 4. The topological polar surface area (TPSA) is 86.8 Å². The van der Waals surface area contributed by atoms with Crippen LogP contribution < -0.4 is 5.32 Å². The van der Waals surface area contributed by atoms with Gasteiger partial charge in [-0.1, -0.05) is 103 Å². The lowest BCUT2D eigenvalue weighted by Gasteiger charge is -2.33. The van der Waals surface area contributed by atoms with Gasteiger partial charge in [-0.3, -0.25) is 9.59 Å². The smallest absolute Gasteiger partial charge is 0.243 e. The first-order valence-electron chi connectivity index (χ1n) is 14.1. The molecule has 1 N–H and O–H groups in total. The van der Waals surface area contributed by atoms with Crippen molar-refractivity contribution in [1.29, 1.82) is 0 Å². The highest BCUT2D eigenvalue weighted by Crippen LogP contribution is 2.25. The Morgan fingerprint density at radius 1 is 0.837 bits per heavy atom. The third-order valence-electron chi connectivity index (χ3n) is 7.22. The minimum atomic E-state index is -4.02. The maximum atomic E-state index is 14.0. The van der Waals surface area contributed by atoms with Gasteiger partial charge in [0.15, 0.2) is 0 Å². The SMILES string of the molecule is CCCCNC(=O)C(Cc1ccccc1)N(Cc1ccc(Cl)c(Cl)c1)C(=O)CN(C)S(=O)(=O)c1ccc2ccccc2c1. The molecule has 43 heavy (non-hydrogen) atoms. The van der Waals surface area contributed by atoms with E-state index >= 15 is 0 Å². The lowest BCUT2D eigenvalue weighted by molar-refractivity contribution is -0.141. The Morgan fingerprint density at radius 2 is 1.53 bits per heavy atom. The second-order valence-electron chi connectivity index (χ2n) is 10.4.